The lowest BCUT2D eigenvalue weighted by molar-refractivity contribution is -0.121. The molecule has 0 spiro atoms. The zero-order valence-electron chi connectivity index (χ0n) is 10.3. The highest BCUT2D eigenvalue weighted by Gasteiger charge is 2.15. The molecule has 1 saturated heterocycles. The molecule has 0 N–H and O–H groups in total. The number of benzene rings is 1. The van der Waals surface area contributed by atoms with Crippen molar-refractivity contribution < 1.29 is 13.6 Å². The van der Waals surface area contributed by atoms with E-state index in [1.165, 1.54) is 12.1 Å². The Morgan fingerprint density at radius 1 is 1.17 bits per heavy atom. The maximum Gasteiger partial charge on any atom is 0.135 e. The fourth-order valence-electron chi connectivity index (χ4n) is 2.24. The highest BCUT2D eigenvalue weighted by atomic mass is 19.1. The quantitative estimate of drug-likeness (QED) is 0.822. The van der Waals surface area contributed by atoms with Gasteiger partial charge in [-0.3, -0.25) is 4.79 Å². The van der Waals surface area contributed by atoms with Gasteiger partial charge in [-0.25, -0.2) is 8.78 Å². The van der Waals surface area contributed by atoms with Gasteiger partial charge in [0.05, 0.1) is 0 Å². The van der Waals surface area contributed by atoms with Gasteiger partial charge in [-0.05, 0) is 31.0 Å². The lowest BCUT2D eigenvalue weighted by atomic mass is 10.1. The second kappa shape index (κ2) is 6.05. The molecule has 18 heavy (non-hydrogen) atoms. The molecular formula is C14H17F2NO. The van der Waals surface area contributed by atoms with Gasteiger partial charge in [0.25, 0.3) is 0 Å². The third kappa shape index (κ3) is 3.60. The molecule has 1 aromatic rings. The second-order valence-corrected chi connectivity index (χ2v) is 4.72. The first-order chi connectivity index (χ1) is 8.65. The Labute approximate surface area is 106 Å². The van der Waals surface area contributed by atoms with Gasteiger partial charge < -0.3 is 4.90 Å². The van der Waals surface area contributed by atoms with Crippen molar-refractivity contribution in [3.8, 4) is 0 Å². The Morgan fingerprint density at radius 3 is 2.56 bits per heavy atom. The van der Waals surface area contributed by atoms with E-state index in [4.69, 9.17) is 0 Å². The molecule has 0 radical (unpaired) electrons. The summed E-state index contributed by atoms with van der Waals surface area (Å²) in [5.41, 5.74) is 0.560. The second-order valence-electron chi connectivity index (χ2n) is 4.72. The molecular weight excluding hydrogens is 236 g/mol. The largest absolute Gasteiger partial charge is 0.302 e. The summed E-state index contributed by atoms with van der Waals surface area (Å²) in [5, 5.41) is 0. The molecule has 0 atom stereocenters. The first-order valence-corrected chi connectivity index (χ1v) is 6.33. The average Bonchev–Trinajstić information content (AvgIpc) is 2.34. The van der Waals surface area contributed by atoms with Gasteiger partial charge in [0, 0.05) is 32.0 Å². The molecule has 0 aliphatic carbocycles. The number of piperidine rings is 1. The maximum atomic E-state index is 13.4. The monoisotopic (exact) mass is 253 g/mol. The number of carbonyl (C=O) groups is 1. The van der Waals surface area contributed by atoms with E-state index in [0.29, 0.717) is 30.6 Å². The van der Waals surface area contributed by atoms with Crippen molar-refractivity contribution in [3.05, 3.63) is 35.4 Å². The Hall–Kier alpha value is -1.29. The zero-order valence-corrected chi connectivity index (χ0v) is 10.3. The number of ketones is 1. The van der Waals surface area contributed by atoms with Gasteiger partial charge >= 0.3 is 0 Å². The van der Waals surface area contributed by atoms with E-state index < -0.39 is 11.6 Å². The van der Waals surface area contributed by atoms with E-state index in [9.17, 15) is 13.6 Å². The summed E-state index contributed by atoms with van der Waals surface area (Å²) in [7, 11) is 0. The minimum Gasteiger partial charge on any atom is -0.302 e. The number of nitrogens with zero attached hydrogens (tertiary/aromatic N) is 1. The van der Waals surface area contributed by atoms with Crippen molar-refractivity contribution in [2.24, 2.45) is 0 Å². The molecule has 1 heterocycles. The first kappa shape index (κ1) is 13.1. The molecule has 0 unspecified atom stereocenters. The minimum atomic E-state index is -0.536. The van der Waals surface area contributed by atoms with Crippen molar-refractivity contribution in [2.75, 3.05) is 19.6 Å². The minimum absolute atomic E-state index is 0.329. The van der Waals surface area contributed by atoms with E-state index in [1.54, 1.807) is 0 Å². The van der Waals surface area contributed by atoms with Crippen LogP contribution in [0.4, 0.5) is 8.78 Å². The normalized spacial score (nSPS) is 17.1. The summed E-state index contributed by atoms with van der Waals surface area (Å²) in [6, 6.07) is 3.72. The number of aryl methyl sites for hydroxylation is 1. The summed E-state index contributed by atoms with van der Waals surface area (Å²) in [4.78, 5) is 13.3. The standard InChI is InChI=1S/C14H17F2NO/c15-12-4-3-11(14(16)10-12)2-1-7-17-8-5-13(18)6-9-17/h3-4,10H,1-2,5-9H2. The van der Waals surface area contributed by atoms with Gasteiger partial charge in [0.15, 0.2) is 0 Å². The highest BCUT2D eigenvalue weighted by molar-refractivity contribution is 5.79. The van der Waals surface area contributed by atoms with E-state index in [-0.39, 0.29) is 0 Å². The van der Waals surface area contributed by atoms with Crippen LogP contribution in [0.5, 0.6) is 0 Å². The number of rotatable bonds is 4. The predicted molar refractivity (Wildman–Crippen MR) is 65.4 cm³/mol. The highest BCUT2D eigenvalue weighted by Crippen LogP contribution is 2.13. The van der Waals surface area contributed by atoms with Gasteiger partial charge in [0.2, 0.25) is 0 Å². The lowest BCUT2D eigenvalue weighted by Crippen LogP contribution is -2.34. The topological polar surface area (TPSA) is 20.3 Å². The summed E-state index contributed by atoms with van der Waals surface area (Å²) in [6.45, 7) is 2.49. The van der Waals surface area contributed by atoms with Crippen molar-refractivity contribution >= 4 is 5.78 Å². The van der Waals surface area contributed by atoms with Crippen LogP contribution >= 0.6 is 0 Å². The van der Waals surface area contributed by atoms with Crippen LogP contribution in [0.15, 0.2) is 18.2 Å². The van der Waals surface area contributed by atoms with Crippen molar-refractivity contribution in [3.63, 3.8) is 0 Å². The van der Waals surface area contributed by atoms with Crippen LogP contribution in [0, 0.1) is 11.6 Å². The summed E-state index contributed by atoms with van der Waals surface area (Å²) in [6.07, 6.45) is 2.70. The summed E-state index contributed by atoms with van der Waals surface area (Å²) < 4.78 is 26.1. The molecule has 1 aliphatic heterocycles. The molecule has 2 rings (SSSR count). The molecule has 0 saturated carbocycles. The van der Waals surface area contributed by atoms with E-state index >= 15 is 0 Å². The van der Waals surface area contributed by atoms with Crippen molar-refractivity contribution in [1.82, 2.24) is 4.90 Å². The number of hydrogen-bond donors (Lipinski definition) is 0. The van der Waals surface area contributed by atoms with Gasteiger partial charge in [0.1, 0.15) is 17.4 Å². The van der Waals surface area contributed by atoms with Gasteiger partial charge in [-0.2, -0.15) is 0 Å². The maximum absolute atomic E-state index is 13.4. The molecule has 2 nitrogen and oxygen atoms in total. The number of halogens is 2. The SMILES string of the molecule is O=C1CCN(CCCc2ccc(F)cc2F)CC1. The number of Topliss-reactive ketones (excluding diaryl/α,β-unsaturated/α-hetero) is 1. The third-order valence-corrected chi connectivity index (χ3v) is 3.35. The molecule has 98 valence electrons. The van der Waals surface area contributed by atoms with E-state index in [0.717, 1.165) is 32.1 Å². The van der Waals surface area contributed by atoms with Crippen molar-refractivity contribution in [2.45, 2.75) is 25.7 Å². The molecule has 0 bridgehead atoms. The van der Waals surface area contributed by atoms with Crippen molar-refractivity contribution in [1.29, 1.82) is 0 Å². The van der Waals surface area contributed by atoms with Crippen LogP contribution in [0.1, 0.15) is 24.8 Å². The fraction of sp³-hybridized carbons (Fsp3) is 0.500. The number of likely N-dealkylation sites (tertiary alicyclic amines) is 1. The van der Waals surface area contributed by atoms with Gasteiger partial charge in [-0.15, -0.1) is 0 Å². The van der Waals surface area contributed by atoms with E-state index in [1.807, 2.05) is 0 Å². The average molecular weight is 253 g/mol. The van der Waals surface area contributed by atoms with Crippen LogP contribution < -0.4 is 0 Å². The molecule has 0 amide bonds. The fourth-order valence-corrected chi connectivity index (χ4v) is 2.24. The molecule has 1 aliphatic rings. The number of carbonyl (C=O) groups excluding carboxylic acids is 1. The Bertz CT molecular complexity index is 424. The third-order valence-electron chi connectivity index (χ3n) is 3.35. The molecule has 1 fully saturated rings. The van der Waals surface area contributed by atoms with Crippen LogP contribution in [0.2, 0.25) is 0 Å². The Balaban J connectivity index is 1.76. The van der Waals surface area contributed by atoms with Crippen LogP contribution in [-0.2, 0) is 11.2 Å². The first-order valence-electron chi connectivity index (χ1n) is 6.33. The Morgan fingerprint density at radius 2 is 1.89 bits per heavy atom. The molecule has 1 aromatic carbocycles. The molecule has 4 heteroatoms. The summed E-state index contributed by atoms with van der Waals surface area (Å²) in [5.74, 6) is -0.676. The van der Waals surface area contributed by atoms with Crippen LogP contribution in [0.25, 0.3) is 0 Å². The summed E-state index contributed by atoms with van der Waals surface area (Å²) >= 11 is 0. The number of hydrogen-bond acceptors (Lipinski definition) is 2. The van der Waals surface area contributed by atoms with Crippen LogP contribution in [0.3, 0.4) is 0 Å². The molecule has 0 aromatic heterocycles. The van der Waals surface area contributed by atoms with Crippen LogP contribution in [-0.4, -0.2) is 30.3 Å². The lowest BCUT2D eigenvalue weighted by Gasteiger charge is -2.25. The van der Waals surface area contributed by atoms with Gasteiger partial charge in [-0.1, -0.05) is 6.07 Å². The smallest absolute Gasteiger partial charge is 0.135 e. The Kier molecular flexibility index (Phi) is 4.42. The van der Waals surface area contributed by atoms with E-state index in [2.05, 4.69) is 4.90 Å². The predicted octanol–water partition coefficient (Wildman–Crippen LogP) is 2.56. The zero-order chi connectivity index (χ0) is 13.0.